The summed E-state index contributed by atoms with van der Waals surface area (Å²) in [5.74, 6) is 0.197. The number of anilines is 2. The van der Waals surface area contributed by atoms with Gasteiger partial charge in [-0.1, -0.05) is 50.7 Å². The average Bonchev–Trinajstić information content (AvgIpc) is 2.83. The first-order valence-electron chi connectivity index (χ1n) is 12.1. The van der Waals surface area contributed by atoms with Gasteiger partial charge in [-0.2, -0.15) is 0 Å². The Kier molecular flexibility index (Phi) is 12.4. The minimum Gasteiger partial charge on any atom is -0.388 e. The second-order valence-corrected chi connectivity index (χ2v) is 8.35. The fraction of sp³-hybridized carbons (Fsp3) is 0.500. The zero-order valence-electron chi connectivity index (χ0n) is 19.9. The number of unbranched alkanes of at least 4 members (excludes halogenated alkanes) is 7. The van der Waals surface area contributed by atoms with Crippen molar-refractivity contribution in [1.82, 2.24) is 15.6 Å². The average molecular weight is 454 g/mol. The van der Waals surface area contributed by atoms with Crippen molar-refractivity contribution in [2.75, 3.05) is 31.2 Å². The molecule has 33 heavy (non-hydrogen) atoms. The number of hydrogen-bond donors (Lipinski definition) is 4. The Morgan fingerprint density at radius 2 is 1.45 bits per heavy atom. The predicted octanol–water partition coefficient (Wildman–Crippen LogP) is 4.31. The number of carbonyl (C=O) groups excluding carboxylic acids is 2. The molecule has 1 aromatic carbocycles. The Morgan fingerprint density at radius 3 is 2.09 bits per heavy atom. The number of aryl methyl sites for hydroxylation is 1. The predicted molar refractivity (Wildman–Crippen MR) is 135 cm³/mol. The van der Waals surface area contributed by atoms with Gasteiger partial charge in [-0.3, -0.25) is 9.59 Å². The third-order valence-corrected chi connectivity index (χ3v) is 5.64. The van der Waals surface area contributed by atoms with Gasteiger partial charge in [0.2, 0.25) is 5.91 Å². The standard InChI is InChI=1S/C26H39N5O2/c1-28-23-15-12-21(13-16-23)10-8-6-4-2-3-5-7-9-11-25(32)29-18-19-30-26(33)22-14-17-24(27)31-20-22/h12-17,20,28H,2-11,18-19H2,1H3,(H2,27,31)(H,29,32)(H,30,33). The Morgan fingerprint density at radius 1 is 0.818 bits per heavy atom. The van der Waals surface area contributed by atoms with Crippen LogP contribution in [0.4, 0.5) is 11.5 Å². The van der Waals surface area contributed by atoms with E-state index in [-0.39, 0.29) is 11.8 Å². The van der Waals surface area contributed by atoms with E-state index in [1.807, 2.05) is 7.05 Å². The van der Waals surface area contributed by atoms with Gasteiger partial charge in [0.15, 0.2) is 0 Å². The maximum absolute atomic E-state index is 11.9. The molecular weight excluding hydrogens is 414 g/mol. The highest BCUT2D eigenvalue weighted by molar-refractivity contribution is 5.94. The van der Waals surface area contributed by atoms with Gasteiger partial charge in [-0.25, -0.2) is 4.98 Å². The zero-order valence-corrected chi connectivity index (χ0v) is 19.9. The summed E-state index contributed by atoms with van der Waals surface area (Å²) in [5, 5.41) is 8.75. The van der Waals surface area contributed by atoms with Crippen molar-refractivity contribution in [2.24, 2.45) is 0 Å². The lowest BCUT2D eigenvalue weighted by molar-refractivity contribution is -0.121. The third-order valence-electron chi connectivity index (χ3n) is 5.64. The van der Waals surface area contributed by atoms with Crippen molar-refractivity contribution in [3.63, 3.8) is 0 Å². The lowest BCUT2D eigenvalue weighted by atomic mass is 10.0. The molecule has 2 aromatic rings. The highest BCUT2D eigenvalue weighted by Gasteiger charge is 2.06. The van der Waals surface area contributed by atoms with E-state index in [0.29, 0.717) is 30.9 Å². The topological polar surface area (TPSA) is 109 Å². The summed E-state index contributed by atoms with van der Waals surface area (Å²) in [7, 11) is 1.94. The van der Waals surface area contributed by atoms with Gasteiger partial charge in [-0.05, 0) is 49.1 Å². The van der Waals surface area contributed by atoms with Crippen LogP contribution in [0.5, 0.6) is 0 Å². The lowest BCUT2D eigenvalue weighted by Crippen LogP contribution is -2.34. The Balaban J connectivity index is 1.37. The molecule has 0 radical (unpaired) electrons. The van der Waals surface area contributed by atoms with Gasteiger partial charge in [-0.15, -0.1) is 0 Å². The van der Waals surface area contributed by atoms with E-state index < -0.39 is 0 Å². The van der Waals surface area contributed by atoms with Crippen LogP contribution in [0.2, 0.25) is 0 Å². The smallest absolute Gasteiger partial charge is 0.252 e. The second-order valence-electron chi connectivity index (χ2n) is 8.35. The molecule has 0 saturated heterocycles. The summed E-state index contributed by atoms with van der Waals surface area (Å²) in [6.45, 7) is 0.808. The summed E-state index contributed by atoms with van der Waals surface area (Å²) in [5.41, 5.74) is 8.53. The summed E-state index contributed by atoms with van der Waals surface area (Å²) in [4.78, 5) is 27.7. The SMILES string of the molecule is CNc1ccc(CCCCCCCCCCC(=O)NCCNC(=O)c2ccc(N)nc2)cc1. The van der Waals surface area contributed by atoms with Gasteiger partial charge >= 0.3 is 0 Å². The largest absolute Gasteiger partial charge is 0.388 e. The second kappa shape index (κ2) is 15.7. The van der Waals surface area contributed by atoms with E-state index in [1.165, 1.54) is 50.3 Å². The quantitative estimate of drug-likeness (QED) is 0.283. The summed E-state index contributed by atoms with van der Waals surface area (Å²) >= 11 is 0. The van der Waals surface area contributed by atoms with Crippen LogP contribution in [0.15, 0.2) is 42.6 Å². The fourth-order valence-corrected chi connectivity index (χ4v) is 3.62. The maximum atomic E-state index is 11.9. The van der Waals surface area contributed by atoms with Crippen LogP contribution in [-0.2, 0) is 11.2 Å². The zero-order chi connectivity index (χ0) is 23.7. The minimum atomic E-state index is -0.222. The summed E-state index contributed by atoms with van der Waals surface area (Å²) < 4.78 is 0. The number of hydrogen-bond acceptors (Lipinski definition) is 5. The van der Waals surface area contributed by atoms with Crippen molar-refractivity contribution < 1.29 is 9.59 Å². The van der Waals surface area contributed by atoms with Crippen LogP contribution in [0.1, 0.15) is 73.7 Å². The van der Waals surface area contributed by atoms with Crippen LogP contribution in [0.3, 0.4) is 0 Å². The van der Waals surface area contributed by atoms with E-state index in [2.05, 4.69) is 45.2 Å². The first-order chi connectivity index (χ1) is 16.1. The molecular formula is C26H39N5O2. The molecule has 5 N–H and O–H groups in total. The number of aromatic nitrogens is 1. The van der Waals surface area contributed by atoms with Crippen LogP contribution in [0.25, 0.3) is 0 Å². The first-order valence-corrected chi connectivity index (χ1v) is 12.1. The van der Waals surface area contributed by atoms with E-state index >= 15 is 0 Å². The van der Waals surface area contributed by atoms with Crippen LogP contribution < -0.4 is 21.7 Å². The molecule has 0 saturated carbocycles. The molecule has 0 unspecified atom stereocenters. The third kappa shape index (κ3) is 11.4. The number of nitrogens with zero attached hydrogens (tertiary/aromatic N) is 1. The minimum absolute atomic E-state index is 0.0427. The number of amides is 2. The monoisotopic (exact) mass is 453 g/mol. The molecule has 1 heterocycles. The van der Waals surface area contributed by atoms with E-state index in [9.17, 15) is 9.59 Å². The molecule has 0 bridgehead atoms. The maximum Gasteiger partial charge on any atom is 0.252 e. The van der Waals surface area contributed by atoms with Crippen molar-refractivity contribution in [2.45, 2.75) is 64.2 Å². The molecule has 1 aromatic heterocycles. The van der Waals surface area contributed by atoms with Crippen LogP contribution in [-0.4, -0.2) is 36.9 Å². The highest BCUT2D eigenvalue weighted by atomic mass is 16.2. The first kappa shape index (κ1) is 26.2. The van der Waals surface area contributed by atoms with E-state index in [1.54, 1.807) is 12.1 Å². The molecule has 2 amide bonds. The number of pyridine rings is 1. The number of benzene rings is 1. The number of nitrogens with one attached hydrogen (secondary N) is 3. The Hall–Kier alpha value is -3.09. The highest BCUT2D eigenvalue weighted by Crippen LogP contribution is 2.14. The number of nitrogen functional groups attached to an aromatic ring is 1. The number of carbonyl (C=O) groups is 2. The number of nitrogens with two attached hydrogens (primary N) is 1. The Labute approximate surface area is 197 Å². The van der Waals surface area contributed by atoms with E-state index in [4.69, 9.17) is 5.73 Å². The van der Waals surface area contributed by atoms with Gasteiger partial charge in [0.05, 0.1) is 5.56 Å². The fourth-order valence-electron chi connectivity index (χ4n) is 3.62. The molecule has 0 atom stereocenters. The van der Waals surface area contributed by atoms with Crippen LogP contribution in [0, 0.1) is 0 Å². The van der Waals surface area contributed by atoms with Gasteiger partial charge in [0, 0.05) is 38.4 Å². The molecule has 2 rings (SSSR count). The van der Waals surface area contributed by atoms with Gasteiger partial charge < -0.3 is 21.7 Å². The molecule has 0 fully saturated rings. The molecule has 0 aliphatic carbocycles. The molecule has 0 aliphatic rings. The van der Waals surface area contributed by atoms with E-state index in [0.717, 1.165) is 24.9 Å². The molecule has 7 nitrogen and oxygen atoms in total. The van der Waals surface area contributed by atoms with Crippen molar-refractivity contribution >= 4 is 23.3 Å². The van der Waals surface area contributed by atoms with Gasteiger partial charge in [0.1, 0.15) is 5.82 Å². The van der Waals surface area contributed by atoms with Crippen molar-refractivity contribution in [3.8, 4) is 0 Å². The molecule has 180 valence electrons. The molecule has 0 spiro atoms. The summed E-state index contributed by atoms with van der Waals surface area (Å²) in [6, 6.07) is 11.9. The lowest BCUT2D eigenvalue weighted by Gasteiger charge is -2.07. The van der Waals surface area contributed by atoms with Crippen molar-refractivity contribution in [3.05, 3.63) is 53.7 Å². The molecule has 0 aliphatic heterocycles. The van der Waals surface area contributed by atoms with Gasteiger partial charge in [0.25, 0.3) is 5.91 Å². The Bertz CT molecular complexity index is 822. The van der Waals surface area contributed by atoms with Crippen LogP contribution >= 0.6 is 0 Å². The van der Waals surface area contributed by atoms with Crippen molar-refractivity contribution in [1.29, 1.82) is 0 Å². The summed E-state index contributed by atoms with van der Waals surface area (Å²) in [6.07, 6.45) is 12.6. The number of rotatable bonds is 16. The normalized spacial score (nSPS) is 10.6. The molecule has 7 heteroatoms.